The number of rotatable bonds is 13. The van der Waals surface area contributed by atoms with Crippen molar-refractivity contribution in [2.75, 3.05) is 59.7 Å². The first-order valence-corrected chi connectivity index (χ1v) is 11.8. The molecule has 9 heteroatoms. The van der Waals surface area contributed by atoms with Gasteiger partial charge >= 0.3 is 0 Å². The minimum Gasteiger partial charge on any atom is -0.484 e. The van der Waals surface area contributed by atoms with E-state index in [9.17, 15) is 4.79 Å². The largest absolute Gasteiger partial charge is 0.484 e. The van der Waals surface area contributed by atoms with Gasteiger partial charge in [0.05, 0.1) is 19.8 Å². The van der Waals surface area contributed by atoms with Crippen LogP contribution in [-0.2, 0) is 20.7 Å². The predicted molar refractivity (Wildman–Crippen MR) is 141 cm³/mol. The Hall–Kier alpha value is -1.59. The molecular formula is C24H39IN4O4. The van der Waals surface area contributed by atoms with Gasteiger partial charge in [-0.1, -0.05) is 12.1 Å². The standard InChI is InChI=1S/C24H38N4O4.HI/c1-3-25-24(28-13-11-20(16-28)17-31-15-14-30-2)26-12-10-19-4-8-22(9-5-19)32-18-23(29)27-21-6-7-21;/h4-5,8-9,20-21H,3,6-7,10-18H2,1-2H3,(H,25,26)(H,27,29);1H. The van der Waals surface area contributed by atoms with Crippen LogP contribution < -0.4 is 15.4 Å². The van der Waals surface area contributed by atoms with Gasteiger partial charge in [-0.3, -0.25) is 9.79 Å². The van der Waals surface area contributed by atoms with Gasteiger partial charge in [-0.2, -0.15) is 0 Å². The maximum absolute atomic E-state index is 11.7. The molecule has 0 bridgehead atoms. The van der Waals surface area contributed by atoms with Gasteiger partial charge in [0.2, 0.25) is 0 Å². The summed E-state index contributed by atoms with van der Waals surface area (Å²) in [6.45, 7) is 7.78. The number of hydrogen-bond acceptors (Lipinski definition) is 5. The van der Waals surface area contributed by atoms with Crippen molar-refractivity contribution in [3.8, 4) is 5.75 Å². The van der Waals surface area contributed by atoms with Gasteiger partial charge in [0.15, 0.2) is 12.6 Å². The Balaban J connectivity index is 0.00000385. The number of aliphatic imine (C=N–C) groups is 1. The van der Waals surface area contributed by atoms with E-state index < -0.39 is 0 Å². The van der Waals surface area contributed by atoms with Crippen LogP contribution in [0.2, 0.25) is 0 Å². The molecule has 1 unspecified atom stereocenters. The Kier molecular flexibility index (Phi) is 12.9. The number of likely N-dealkylation sites (tertiary alicyclic amines) is 1. The van der Waals surface area contributed by atoms with Gasteiger partial charge < -0.3 is 29.7 Å². The van der Waals surface area contributed by atoms with Crippen LogP contribution in [0.15, 0.2) is 29.3 Å². The Labute approximate surface area is 214 Å². The Morgan fingerprint density at radius 3 is 2.67 bits per heavy atom. The lowest BCUT2D eigenvalue weighted by molar-refractivity contribution is -0.123. The molecule has 1 saturated heterocycles. The molecule has 2 aliphatic rings. The van der Waals surface area contributed by atoms with Gasteiger partial charge in [0.1, 0.15) is 5.75 Å². The number of carbonyl (C=O) groups excluding carboxylic acids is 1. The van der Waals surface area contributed by atoms with E-state index in [1.807, 2.05) is 24.3 Å². The van der Waals surface area contributed by atoms with E-state index in [-0.39, 0.29) is 36.5 Å². The molecule has 1 aromatic rings. The second-order valence-corrected chi connectivity index (χ2v) is 8.43. The van der Waals surface area contributed by atoms with E-state index in [2.05, 4.69) is 22.5 Å². The molecular weight excluding hydrogens is 535 g/mol. The first kappa shape index (κ1) is 27.7. The van der Waals surface area contributed by atoms with Crippen LogP contribution in [0.5, 0.6) is 5.75 Å². The summed E-state index contributed by atoms with van der Waals surface area (Å²) in [5, 5.41) is 6.34. The monoisotopic (exact) mass is 574 g/mol. The van der Waals surface area contributed by atoms with E-state index in [0.717, 1.165) is 64.4 Å². The third-order valence-electron chi connectivity index (χ3n) is 5.60. The summed E-state index contributed by atoms with van der Waals surface area (Å²) in [4.78, 5) is 18.9. The maximum atomic E-state index is 11.7. The first-order chi connectivity index (χ1) is 15.7. The third-order valence-corrected chi connectivity index (χ3v) is 5.60. The molecule has 0 aromatic heterocycles. The van der Waals surface area contributed by atoms with Crippen LogP contribution in [0.3, 0.4) is 0 Å². The first-order valence-electron chi connectivity index (χ1n) is 11.8. The van der Waals surface area contributed by atoms with Gasteiger partial charge in [-0.25, -0.2) is 0 Å². The van der Waals surface area contributed by atoms with Crippen LogP contribution >= 0.6 is 24.0 Å². The van der Waals surface area contributed by atoms with Crippen LogP contribution in [0.25, 0.3) is 0 Å². The summed E-state index contributed by atoms with van der Waals surface area (Å²) >= 11 is 0. The average Bonchev–Trinajstić information content (AvgIpc) is 3.49. The molecule has 2 fully saturated rings. The van der Waals surface area contributed by atoms with Crippen molar-refractivity contribution in [1.29, 1.82) is 0 Å². The van der Waals surface area contributed by atoms with E-state index in [1.165, 1.54) is 5.56 Å². The molecule has 1 aromatic carbocycles. The molecule has 0 radical (unpaired) electrons. The van der Waals surface area contributed by atoms with Crippen molar-refractivity contribution < 1.29 is 19.0 Å². The second-order valence-electron chi connectivity index (χ2n) is 8.43. The van der Waals surface area contributed by atoms with Gasteiger partial charge in [0, 0.05) is 45.2 Å². The Bertz CT molecular complexity index is 728. The van der Waals surface area contributed by atoms with Crippen LogP contribution in [-0.4, -0.2) is 82.5 Å². The second kappa shape index (κ2) is 15.3. The number of halogens is 1. The van der Waals surface area contributed by atoms with Crippen LogP contribution in [0, 0.1) is 5.92 Å². The summed E-state index contributed by atoms with van der Waals surface area (Å²) in [5.41, 5.74) is 1.20. The zero-order chi connectivity index (χ0) is 22.6. The molecule has 1 aliphatic heterocycles. The molecule has 1 atom stereocenters. The molecule has 1 heterocycles. The fourth-order valence-electron chi connectivity index (χ4n) is 3.67. The zero-order valence-corrected chi connectivity index (χ0v) is 22.2. The number of methoxy groups -OCH3 is 1. The van der Waals surface area contributed by atoms with E-state index in [1.54, 1.807) is 7.11 Å². The molecule has 8 nitrogen and oxygen atoms in total. The maximum Gasteiger partial charge on any atom is 0.258 e. The van der Waals surface area contributed by atoms with E-state index in [0.29, 0.717) is 30.9 Å². The molecule has 0 spiro atoms. The predicted octanol–water partition coefficient (Wildman–Crippen LogP) is 2.45. The number of carbonyl (C=O) groups is 1. The highest BCUT2D eigenvalue weighted by Gasteiger charge is 2.25. The zero-order valence-electron chi connectivity index (χ0n) is 19.9. The molecule has 1 saturated carbocycles. The molecule has 1 aliphatic carbocycles. The van der Waals surface area contributed by atoms with Crippen molar-refractivity contribution in [2.24, 2.45) is 10.9 Å². The summed E-state index contributed by atoms with van der Waals surface area (Å²) in [7, 11) is 1.69. The van der Waals surface area contributed by atoms with Crippen molar-refractivity contribution in [2.45, 2.75) is 38.6 Å². The SMILES string of the molecule is CCNC(=NCCc1ccc(OCC(=O)NC2CC2)cc1)N1CCC(COCCOC)C1.I. The van der Waals surface area contributed by atoms with Gasteiger partial charge in [-0.05, 0) is 50.3 Å². The molecule has 3 rings (SSSR count). The molecule has 186 valence electrons. The summed E-state index contributed by atoms with van der Waals surface area (Å²) in [6, 6.07) is 8.29. The van der Waals surface area contributed by atoms with E-state index >= 15 is 0 Å². The summed E-state index contributed by atoms with van der Waals surface area (Å²) in [5.74, 6) is 2.18. The van der Waals surface area contributed by atoms with Crippen LogP contribution in [0.1, 0.15) is 31.7 Å². The van der Waals surface area contributed by atoms with E-state index in [4.69, 9.17) is 19.2 Å². The normalized spacial score (nSPS) is 18.1. The van der Waals surface area contributed by atoms with Gasteiger partial charge in [0.25, 0.3) is 5.91 Å². The molecule has 1 amide bonds. The Morgan fingerprint density at radius 1 is 1.18 bits per heavy atom. The highest BCUT2D eigenvalue weighted by atomic mass is 127. The minimum absolute atomic E-state index is 0. The number of hydrogen-bond donors (Lipinski definition) is 2. The summed E-state index contributed by atoms with van der Waals surface area (Å²) in [6.07, 6.45) is 4.15. The lowest BCUT2D eigenvalue weighted by Gasteiger charge is -2.21. The van der Waals surface area contributed by atoms with Crippen LogP contribution in [0.4, 0.5) is 0 Å². The lowest BCUT2D eigenvalue weighted by atomic mass is 10.1. The fourth-order valence-corrected chi connectivity index (χ4v) is 3.67. The van der Waals surface area contributed by atoms with Crippen molar-refractivity contribution in [3.05, 3.63) is 29.8 Å². The smallest absolute Gasteiger partial charge is 0.258 e. The number of ether oxygens (including phenoxy) is 3. The van der Waals surface area contributed by atoms with Crippen molar-refractivity contribution >= 4 is 35.8 Å². The quantitative estimate of drug-likeness (QED) is 0.163. The summed E-state index contributed by atoms with van der Waals surface area (Å²) < 4.78 is 16.3. The highest BCUT2D eigenvalue weighted by Crippen LogP contribution is 2.19. The minimum atomic E-state index is -0.0486. The number of nitrogens with zero attached hydrogens (tertiary/aromatic N) is 2. The van der Waals surface area contributed by atoms with Crippen molar-refractivity contribution in [1.82, 2.24) is 15.5 Å². The number of guanidine groups is 1. The highest BCUT2D eigenvalue weighted by molar-refractivity contribution is 14.0. The number of amides is 1. The average molecular weight is 575 g/mol. The topological polar surface area (TPSA) is 84.4 Å². The third kappa shape index (κ3) is 10.5. The lowest BCUT2D eigenvalue weighted by Crippen LogP contribution is -2.40. The molecule has 2 N–H and O–H groups in total. The Morgan fingerprint density at radius 2 is 1.97 bits per heavy atom. The molecule has 33 heavy (non-hydrogen) atoms. The number of nitrogens with one attached hydrogen (secondary N) is 2. The fraction of sp³-hybridized carbons (Fsp3) is 0.667. The number of benzene rings is 1. The van der Waals surface area contributed by atoms with Gasteiger partial charge in [-0.15, -0.1) is 24.0 Å². The van der Waals surface area contributed by atoms with Crippen molar-refractivity contribution in [3.63, 3.8) is 0 Å².